The topological polar surface area (TPSA) is 43.5 Å². The summed E-state index contributed by atoms with van der Waals surface area (Å²) in [4.78, 5) is 0. The molecular weight excluding hydrogens is 388 g/mol. The molecule has 2 fully saturated rings. The normalized spacial score (nSPS) is 20.4. The van der Waals surface area contributed by atoms with Gasteiger partial charge in [-0.3, -0.25) is 0 Å². The van der Waals surface area contributed by atoms with Crippen LogP contribution in [0.3, 0.4) is 0 Å². The summed E-state index contributed by atoms with van der Waals surface area (Å²) in [7, 11) is 0. The highest BCUT2D eigenvalue weighted by Gasteiger charge is 2.27. The second-order valence-electron chi connectivity index (χ2n) is 8.66. The molecule has 4 nitrogen and oxygen atoms in total. The van der Waals surface area contributed by atoms with Crippen molar-refractivity contribution in [2.75, 3.05) is 26.4 Å². The summed E-state index contributed by atoms with van der Waals surface area (Å²) in [6.07, 6.45) is 8.78. The molecule has 0 aliphatic carbocycles. The van der Waals surface area contributed by atoms with Crippen molar-refractivity contribution in [2.24, 2.45) is 0 Å². The van der Waals surface area contributed by atoms with Crippen molar-refractivity contribution in [3.8, 4) is 11.5 Å². The molecule has 0 amide bonds. The predicted octanol–water partition coefficient (Wildman–Crippen LogP) is 5.63. The van der Waals surface area contributed by atoms with Gasteiger partial charge in [-0.15, -0.1) is 0 Å². The molecule has 2 aromatic rings. The Labute approximate surface area is 185 Å². The van der Waals surface area contributed by atoms with E-state index in [1.807, 2.05) is 26.0 Å². The summed E-state index contributed by atoms with van der Waals surface area (Å²) in [5.74, 6) is 1.79. The van der Waals surface area contributed by atoms with Crippen LogP contribution in [0.2, 0.25) is 0 Å². The monoisotopic (exact) mass is 420 g/mol. The maximum absolute atomic E-state index is 5.99. The van der Waals surface area contributed by atoms with E-state index in [1.165, 1.54) is 11.1 Å². The highest BCUT2D eigenvalue weighted by Crippen LogP contribution is 2.37. The van der Waals surface area contributed by atoms with Crippen LogP contribution in [0.15, 0.2) is 48.6 Å². The maximum Gasteiger partial charge on any atom is 0.126 e. The minimum Gasteiger partial charge on any atom is -0.490 e. The van der Waals surface area contributed by atoms with Crippen molar-refractivity contribution < 1.29 is 18.9 Å². The molecule has 2 heterocycles. The average Bonchev–Trinajstić information content (AvgIpc) is 3.67. The first-order valence-corrected chi connectivity index (χ1v) is 11.0. The molecule has 164 valence electrons. The Morgan fingerprint density at radius 1 is 0.806 bits per heavy atom. The molecule has 0 aromatic heterocycles. The lowest BCUT2D eigenvalue weighted by Gasteiger charge is -2.28. The van der Waals surface area contributed by atoms with Crippen molar-refractivity contribution in [1.29, 1.82) is 0 Å². The summed E-state index contributed by atoms with van der Waals surface area (Å²) in [5, 5.41) is 0. The van der Waals surface area contributed by atoms with Crippen LogP contribution in [-0.2, 0) is 14.9 Å². The second-order valence-corrected chi connectivity index (χ2v) is 8.66. The van der Waals surface area contributed by atoms with Crippen molar-refractivity contribution in [3.63, 3.8) is 0 Å². The lowest BCUT2D eigenvalue weighted by molar-refractivity contribution is 0.262. The maximum atomic E-state index is 5.99. The minimum absolute atomic E-state index is 0.178. The summed E-state index contributed by atoms with van der Waals surface area (Å²) in [6, 6.07) is 12.9. The molecule has 0 saturated carbocycles. The molecule has 0 bridgehead atoms. The van der Waals surface area contributed by atoms with Gasteiger partial charge in [0.25, 0.3) is 0 Å². The third-order valence-corrected chi connectivity index (χ3v) is 5.81. The van der Waals surface area contributed by atoms with Gasteiger partial charge in [0.15, 0.2) is 0 Å². The van der Waals surface area contributed by atoms with E-state index in [0.717, 1.165) is 35.8 Å². The molecule has 2 unspecified atom stereocenters. The number of rotatable bonds is 10. The first kappa shape index (κ1) is 21.7. The lowest BCUT2D eigenvalue weighted by Crippen LogP contribution is -2.19. The highest BCUT2D eigenvalue weighted by molar-refractivity contribution is 5.62. The van der Waals surface area contributed by atoms with Gasteiger partial charge in [0.1, 0.15) is 36.9 Å². The van der Waals surface area contributed by atoms with Crippen LogP contribution in [0.25, 0.3) is 12.2 Å². The standard InChI is InChI=1S/C27H32O4/c1-5-7-19-13-21(9-11-25(19)30-17-23-15-28-23)27(3,4)22-10-12-26(20(14-22)8-6-2)31-18-24-16-29-24/h5-14,23-24H,15-18H2,1-4H3. The van der Waals surface area contributed by atoms with Crippen molar-refractivity contribution in [3.05, 3.63) is 70.8 Å². The number of allylic oxidation sites excluding steroid dienone is 2. The molecule has 0 N–H and O–H groups in total. The summed E-state index contributed by atoms with van der Waals surface area (Å²) in [5.41, 5.74) is 4.48. The fourth-order valence-corrected chi connectivity index (χ4v) is 3.62. The zero-order valence-corrected chi connectivity index (χ0v) is 18.9. The zero-order chi connectivity index (χ0) is 21.8. The molecular formula is C27H32O4. The number of epoxide rings is 2. The second kappa shape index (κ2) is 9.29. The molecule has 4 heteroatoms. The molecule has 0 radical (unpaired) electrons. The van der Waals surface area contributed by atoms with E-state index in [1.54, 1.807) is 0 Å². The predicted molar refractivity (Wildman–Crippen MR) is 125 cm³/mol. The molecule has 2 aliphatic heterocycles. The van der Waals surface area contributed by atoms with Gasteiger partial charge in [0.2, 0.25) is 0 Å². The Hall–Kier alpha value is -2.56. The zero-order valence-electron chi connectivity index (χ0n) is 18.9. The van der Waals surface area contributed by atoms with Crippen molar-refractivity contribution in [2.45, 2.75) is 45.3 Å². The lowest BCUT2D eigenvalue weighted by atomic mass is 9.77. The fourth-order valence-electron chi connectivity index (χ4n) is 3.62. The largest absolute Gasteiger partial charge is 0.490 e. The quantitative estimate of drug-likeness (QED) is 0.467. The van der Waals surface area contributed by atoms with Crippen LogP contribution < -0.4 is 9.47 Å². The van der Waals surface area contributed by atoms with E-state index in [2.05, 4.69) is 62.4 Å². The van der Waals surface area contributed by atoms with Crippen LogP contribution in [0.4, 0.5) is 0 Å². The Balaban J connectivity index is 1.61. The number of ether oxygens (including phenoxy) is 4. The van der Waals surface area contributed by atoms with Gasteiger partial charge in [-0.2, -0.15) is 0 Å². The summed E-state index contributed by atoms with van der Waals surface area (Å²) >= 11 is 0. The van der Waals surface area contributed by atoms with Gasteiger partial charge < -0.3 is 18.9 Å². The first-order valence-electron chi connectivity index (χ1n) is 11.0. The molecule has 31 heavy (non-hydrogen) atoms. The Morgan fingerprint density at radius 3 is 1.58 bits per heavy atom. The highest BCUT2D eigenvalue weighted by atomic mass is 16.6. The van der Waals surface area contributed by atoms with E-state index < -0.39 is 0 Å². The van der Waals surface area contributed by atoms with Gasteiger partial charge in [-0.25, -0.2) is 0 Å². The van der Waals surface area contributed by atoms with E-state index in [4.69, 9.17) is 18.9 Å². The molecule has 2 aliphatic rings. The molecule has 2 atom stereocenters. The molecule has 2 aromatic carbocycles. The number of hydrogen-bond donors (Lipinski definition) is 0. The van der Waals surface area contributed by atoms with Crippen LogP contribution in [0.5, 0.6) is 11.5 Å². The Morgan fingerprint density at radius 2 is 1.23 bits per heavy atom. The van der Waals surface area contributed by atoms with Gasteiger partial charge in [0.05, 0.1) is 13.2 Å². The van der Waals surface area contributed by atoms with Crippen LogP contribution in [0, 0.1) is 0 Å². The van der Waals surface area contributed by atoms with Crippen LogP contribution in [0.1, 0.15) is 49.9 Å². The molecule has 2 saturated heterocycles. The van der Waals surface area contributed by atoms with E-state index in [9.17, 15) is 0 Å². The third kappa shape index (κ3) is 5.38. The van der Waals surface area contributed by atoms with Crippen LogP contribution >= 0.6 is 0 Å². The molecule has 4 rings (SSSR count). The van der Waals surface area contributed by atoms with E-state index >= 15 is 0 Å². The van der Waals surface area contributed by atoms with Crippen LogP contribution in [-0.4, -0.2) is 38.6 Å². The number of benzene rings is 2. The third-order valence-electron chi connectivity index (χ3n) is 5.81. The summed E-state index contributed by atoms with van der Waals surface area (Å²) < 4.78 is 22.5. The van der Waals surface area contributed by atoms with Crippen molar-refractivity contribution >= 4 is 12.2 Å². The SMILES string of the molecule is CC=Cc1cc(C(C)(C)c2ccc(OCC3CO3)c(C=CC)c2)ccc1OCC1CO1. The van der Waals surface area contributed by atoms with Gasteiger partial charge in [0, 0.05) is 16.5 Å². The molecule has 0 spiro atoms. The Bertz CT molecular complexity index is 888. The minimum atomic E-state index is -0.178. The van der Waals surface area contributed by atoms with E-state index in [0.29, 0.717) is 13.2 Å². The summed E-state index contributed by atoms with van der Waals surface area (Å²) in [6.45, 7) is 11.4. The van der Waals surface area contributed by atoms with Crippen molar-refractivity contribution in [1.82, 2.24) is 0 Å². The fraction of sp³-hybridized carbons (Fsp3) is 0.407. The van der Waals surface area contributed by atoms with Gasteiger partial charge in [-0.05, 0) is 49.2 Å². The Kier molecular flexibility index (Phi) is 6.49. The first-order chi connectivity index (χ1) is 15.0. The van der Waals surface area contributed by atoms with E-state index in [-0.39, 0.29) is 17.6 Å². The smallest absolute Gasteiger partial charge is 0.126 e. The van der Waals surface area contributed by atoms with Gasteiger partial charge in [-0.1, -0.05) is 50.3 Å². The van der Waals surface area contributed by atoms with Gasteiger partial charge >= 0.3 is 0 Å². The number of hydrogen-bond acceptors (Lipinski definition) is 4. The average molecular weight is 421 g/mol.